The molecule has 3 rings (SSSR count). The number of rotatable bonds is 16. The molecule has 0 radical (unpaired) electrons. The van der Waals surface area contributed by atoms with Crippen LogP contribution in [0.1, 0.15) is 67.1 Å². The number of hydrogen-bond donors (Lipinski definition) is 4. The average molecular weight is 543 g/mol. The fourth-order valence-corrected chi connectivity index (χ4v) is 5.40. The second-order valence-electron chi connectivity index (χ2n) is 8.65. The van der Waals surface area contributed by atoms with Gasteiger partial charge in [0.15, 0.2) is 5.13 Å². The van der Waals surface area contributed by atoms with E-state index in [0.717, 1.165) is 35.5 Å². The van der Waals surface area contributed by atoms with E-state index in [-0.39, 0.29) is 12.3 Å². The highest BCUT2D eigenvalue weighted by Gasteiger charge is 2.12. The fourth-order valence-electron chi connectivity index (χ4n) is 3.66. The minimum Gasteiger partial charge on any atom is -0.481 e. The van der Waals surface area contributed by atoms with Crippen LogP contribution in [-0.4, -0.2) is 32.7 Å². The third-order valence-electron chi connectivity index (χ3n) is 5.65. The first-order chi connectivity index (χ1) is 18.0. The molecular formula is C27H34N4O4S2. The second kappa shape index (κ2) is 15.2. The largest absolute Gasteiger partial charge is 0.481 e. The van der Waals surface area contributed by atoms with Crippen LogP contribution in [0.15, 0.2) is 58.8 Å². The summed E-state index contributed by atoms with van der Waals surface area (Å²) in [5.41, 5.74) is 2.65. The molecule has 37 heavy (non-hydrogen) atoms. The quantitative estimate of drug-likeness (QED) is 0.175. The van der Waals surface area contributed by atoms with Crippen molar-refractivity contribution in [3.8, 4) is 0 Å². The molecule has 1 unspecified atom stereocenters. The number of hydrogen-bond acceptors (Lipinski definition) is 6. The van der Waals surface area contributed by atoms with E-state index in [2.05, 4.69) is 27.3 Å². The second-order valence-corrected chi connectivity index (χ2v) is 10.8. The zero-order valence-electron chi connectivity index (χ0n) is 21.0. The predicted molar refractivity (Wildman–Crippen MR) is 149 cm³/mol. The van der Waals surface area contributed by atoms with Crippen LogP contribution < -0.4 is 15.4 Å². The van der Waals surface area contributed by atoms with Gasteiger partial charge in [-0.05, 0) is 36.2 Å². The van der Waals surface area contributed by atoms with E-state index in [9.17, 15) is 13.8 Å². The summed E-state index contributed by atoms with van der Waals surface area (Å²) in [6.07, 6.45) is 6.97. The first-order valence-electron chi connectivity index (χ1n) is 12.5. The lowest BCUT2D eigenvalue weighted by atomic mass is 10.1. The number of amides is 1. The SMILES string of the molecule is CCCCCCCCNS(=O)c1ccccc1NCc1ccc(C(=O)Nc2nc(CC(=O)O)cs2)cc1. The lowest BCUT2D eigenvalue weighted by molar-refractivity contribution is -0.136. The van der Waals surface area contributed by atoms with Crippen LogP contribution in [-0.2, 0) is 28.7 Å². The Balaban J connectivity index is 1.48. The molecule has 1 amide bonds. The van der Waals surface area contributed by atoms with Gasteiger partial charge in [-0.2, -0.15) is 0 Å². The van der Waals surface area contributed by atoms with Crippen molar-refractivity contribution in [1.29, 1.82) is 0 Å². The summed E-state index contributed by atoms with van der Waals surface area (Å²) >= 11 is 1.19. The molecule has 0 fully saturated rings. The van der Waals surface area contributed by atoms with Crippen molar-refractivity contribution in [2.45, 2.75) is 63.3 Å². The molecule has 0 aliphatic heterocycles. The summed E-state index contributed by atoms with van der Waals surface area (Å²) in [5.74, 6) is -1.28. The van der Waals surface area contributed by atoms with Gasteiger partial charge in [-0.1, -0.05) is 63.3 Å². The number of carbonyl (C=O) groups excluding carboxylic acids is 1. The van der Waals surface area contributed by atoms with Gasteiger partial charge in [-0.25, -0.2) is 13.9 Å². The lowest BCUT2D eigenvalue weighted by Gasteiger charge is -2.13. The van der Waals surface area contributed by atoms with Crippen LogP contribution in [0.25, 0.3) is 0 Å². The minimum atomic E-state index is -1.30. The van der Waals surface area contributed by atoms with E-state index in [0.29, 0.717) is 22.9 Å². The number of benzene rings is 2. The molecule has 0 spiro atoms. The molecule has 8 nitrogen and oxygen atoms in total. The number of aliphatic carboxylic acids is 1. The van der Waals surface area contributed by atoms with Gasteiger partial charge in [-0.15, -0.1) is 11.3 Å². The van der Waals surface area contributed by atoms with Crippen LogP contribution in [0.3, 0.4) is 0 Å². The number of thiazole rings is 1. The summed E-state index contributed by atoms with van der Waals surface area (Å²) in [6.45, 7) is 3.44. The molecule has 0 saturated heterocycles. The van der Waals surface area contributed by atoms with Crippen LogP contribution >= 0.6 is 11.3 Å². The number of unbranched alkanes of at least 4 members (excludes halogenated alkanes) is 5. The van der Waals surface area contributed by atoms with Gasteiger partial charge >= 0.3 is 5.97 Å². The molecule has 1 heterocycles. The summed E-state index contributed by atoms with van der Waals surface area (Å²) in [7, 11) is -1.30. The van der Waals surface area contributed by atoms with Crippen LogP contribution in [0.4, 0.5) is 10.8 Å². The Bertz CT molecular complexity index is 1180. The van der Waals surface area contributed by atoms with Crippen molar-refractivity contribution < 1.29 is 18.9 Å². The van der Waals surface area contributed by atoms with Crippen molar-refractivity contribution in [1.82, 2.24) is 9.71 Å². The third kappa shape index (κ3) is 9.71. The Kier molecular flexibility index (Phi) is 11.7. The normalized spacial score (nSPS) is 11.7. The highest BCUT2D eigenvalue weighted by atomic mass is 32.2. The van der Waals surface area contributed by atoms with Crippen LogP contribution in [0.2, 0.25) is 0 Å². The highest BCUT2D eigenvalue weighted by molar-refractivity contribution is 7.83. The smallest absolute Gasteiger partial charge is 0.309 e. The summed E-state index contributed by atoms with van der Waals surface area (Å²) in [6, 6.07) is 14.7. The van der Waals surface area contributed by atoms with E-state index in [4.69, 9.17) is 5.11 Å². The zero-order chi connectivity index (χ0) is 26.5. The molecule has 0 aliphatic carbocycles. The van der Waals surface area contributed by atoms with E-state index < -0.39 is 17.0 Å². The molecular weight excluding hydrogens is 508 g/mol. The van der Waals surface area contributed by atoms with Gasteiger partial charge in [0.2, 0.25) is 0 Å². The number of carbonyl (C=O) groups is 2. The Morgan fingerprint density at radius 1 is 1.00 bits per heavy atom. The molecule has 0 aliphatic rings. The molecule has 1 aromatic heterocycles. The molecule has 0 saturated carbocycles. The van der Waals surface area contributed by atoms with Crippen molar-refractivity contribution in [2.75, 3.05) is 17.2 Å². The predicted octanol–water partition coefficient (Wildman–Crippen LogP) is 5.61. The summed E-state index contributed by atoms with van der Waals surface area (Å²) < 4.78 is 16.0. The number of anilines is 2. The van der Waals surface area contributed by atoms with Crippen molar-refractivity contribution in [3.63, 3.8) is 0 Å². The Labute approximate surface area is 224 Å². The van der Waals surface area contributed by atoms with E-state index in [1.807, 2.05) is 36.4 Å². The van der Waals surface area contributed by atoms with Gasteiger partial charge in [0.25, 0.3) is 5.91 Å². The first kappa shape index (κ1) is 28.5. The Morgan fingerprint density at radius 2 is 1.73 bits per heavy atom. The number of nitrogens with one attached hydrogen (secondary N) is 3. The molecule has 4 N–H and O–H groups in total. The fraction of sp³-hybridized carbons (Fsp3) is 0.370. The molecule has 2 aromatic carbocycles. The maximum Gasteiger partial charge on any atom is 0.309 e. The molecule has 10 heteroatoms. The number of carboxylic acid groups (broad SMARTS) is 1. The molecule has 1 atom stereocenters. The zero-order valence-corrected chi connectivity index (χ0v) is 22.6. The van der Waals surface area contributed by atoms with Gasteiger partial charge < -0.3 is 10.4 Å². The molecule has 0 bridgehead atoms. The van der Waals surface area contributed by atoms with Gasteiger partial charge in [0, 0.05) is 24.0 Å². The van der Waals surface area contributed by atoms with Crippen LogP contribution in [0.5, 0.6) is 0 Å². The first-order valence-corrected chi connectivity index (χ1v) is 14.5. The van der Waals surface area contributed by atoms with E-state index in [1.54, 1.807) is 17.5 Å². The van der Waals surface area contributed by atoms with Crippen molar-refractivity contribution >= 4 is 45.0 Å². The monoisotopic (exact) mass is 542 g/mol. The highest BCUT2D eigenvalue weighted by Crippen LogP contribution is 2.20. The average Bonchev–Trinajstić information content (AvgIpc) is 3.33. The topological polar surface area (TPSA) is 120 Å². The van der Waals surface area contributed by atoms with E-state index in [1.165, 1.54) is 37.0 Å². The number of carboxylic acids is 1. The van der Waals surface area contributed by atoms with E-state index >= 15 is 0 Å². The Morgan fingerprint density at radius 3 is 2.49 bits per heavy atom. The van der Waals surface area contributed by atoms with Gasteiger partial charge in [0.05, 0.1) is 22.7 Å². The van der Waals surface area contributed by atoms with Crippen molar-refractivity contribution in [3.05, 3.63) is 70.7 Å². The maximum absolute atomic E-state index is 12.8. The van der Waals surface area contributed by atoms with Crippen LogP contribution in [0, 0.1) is 0 Å². The van der Waals surface area contributed by atoms with Gasteiger partial charge in [-0.3, -0.25) is 14.9 Å². The third-order valence-corrected chi connectivity index (χ3v) is 7.68. The van der Waals surface area contributed by atoms with Crippen molar-refractivity contribution in [2.24, 2.45) is 0 Å². The lowest BCUT2D eigenvalue weighted by Crippen LogP contribution is -2.19. The van der Waals surface area contributed by atoms with Gasteiger partial charge in [0.1, 0.15) is 11.0 Å². The number of para-hydroxylation sites is 1. The maximum atomic E-state index is 12.8. The summed E-state index contributed by atoms with van der Waals surface area (Å²) in [4.78, 5) is 28.1. The minimum absolute atomic E-state index is 0.181. The Hall–Kier alpha value is -3.08. The molecule has 198 valence electrons. The number of nitrogens with zero attached hydrogens (tertiary/aromatic N) is 1. The standard InChI is InChI=1S/C27H34N4O4S2/c1-2-3-4-5-6-9-16-29-37(35)24-11-8-7-10-23(24)28-18-20-12-14-21(15-13-20)26(34)31-27-30-22(19-36-27)17-25(32)33/h7-8,10-15,19,28-29H,2-6,9,16-18H2,1H3,(H,32,33)(H,30,31,34). The molecule has 3 aromatic rings. The number of aromatic nitrogens is 1. The summed E-state index contributed by atoms with van der Waals surface area (Å²) in [5, 5.41) is 16.9.